The average molecular weight is 154 g/mol. The third kappa shape index (κ3) is 1.53. The Hall–Kier alpha value is -1.42. The maximum Gasteiger partial charge on any atom is 0.356 e. The maximum atomic E-state index is 10.8. The van der Waals surface area contributed by atoms with Gasteiger partial charge in [0.2, 0.25) is 0 Å². The van der Waals surface area contributed by atoms with E-state index < -0.39 is 11.9 Å². The molecule has 0 saturated heterocycles. The van der Waals surface area contributed by atoms with Gasteiger partial charge in [0, 0.05) is 0 Å². The summed E-state index contributed by atoms with van der Waals surface area (Å²) in [5, 5.41) is 7.95. The van der Waals surface area contributed by atoms with Gasteiger partial charge in [0.15, 0.2) is 5.78 Å². The van der Waals surface area contributed by atoms with Gasteiger partial charge in [-0.25, -0.2) is 4.79 Å². The van der Waals surface area contributed by atoms with Crippen molar-refractivity contribution in [3.8, 4) is 0 Å². The molecule has 0 heterocycles. The number of hydrogen-bond acceptors (Lipinski definition) is 4. The Morgan fingerprint density at radius 3 is 2.82 bits per heavy atom. The van der Waals surface area contributed by atoms with Crippen LogP contribution in [0.3, 0.4) is 0 Å². The standard InChI is InChI=1S/C7H6O4/c8-6-4-2-1-3-5(6)7(9)11-10/h1-5,10H. The first-order valence-corrected chi connectivity index (χ1v) is 2.99. The van der Waals surface area contributed by atoms with Crippen molar-refractivity contribution in [3.05, 3.63) is 24.3 Å². The second kappa shape index (κ2) is 3.12. The van der Waals surface area contributed by atoms with Crippen LogP contribution < -0.4 is 0 Å². The van der Waals surface area contributed by atoms with Crippen molar-refractivity contribution in [1.29, 1.82) is 0 Å². The molecule has 0 aliphatic heterocycles. The summed E-state index contributed by atoms with van der Waals surface area (Å²) in [7, 11) is 0. The molecule has 1 aliphatic rings. The number of carbonyl (C=O) groups is 2. The van der Waals surface area contributed by atoms with E-state index in [4.69, 9.17) is 5.26 Å². The van der Waals surface area contributed by atoms with E-state index in [2.05, 4.69) is 4.89 Å². The molecule has 0 saturated carbocycles. The Morgan fingerprint density at radius 1 is 1.55 bits per heavy atom. The number of carbonyl (C=O) groups excluding carboxylic acids is 2. The fourth-order valence-electron chi connectivity index (χ4n) is 0.776. The van der Waals surface area contributed by atoms with E-state index in [0.29, 0.717) is 0 Å². The first-order chi connectivity index (χ1) is 5.25. The van der Waals surface area contributed by atoms with E-state index >= 15 is 0 Å². The van der Waals surface area contributed by atoms with Gasteiger partial charge in [-0.3, -0.25) is 9.68 Å². The van der Waals surface area contributed by atoms with Crippen molar-refractivity contribution in [1.82, 2.24) is 0 Å². The van der Waals surface area contributed by atoms with Gasteiger partial charge >= 0.3 is 5.97 Å². The molecule has 0 aromatic carbocycles. The van der Waals surface area contributed by atoms with E-state index in [1.165, 1.54) is 18.2 Å². The lowest BCUT2D eigenvalue weighted by molar-refractivity contribution is -0.236. The molecule has 4 heteroatoms. The summed E-state index contributed by atoms with van der Waals surface area (Å²) in [6.45, 7) is 0. The lowest BCUT2D eigenvalue weighted by atomic mass is 10.00. The van der Waals surface area contributed by atoms with Crippen LogP contribution in [-0.4, -0.2) is 17.0 Å². The highest BCUT2D eigenvalue weighted by molar-refractivity contribution is 6.07. The quantitative estimate of drug-likeness (QED) is 0.335. The van der Waals surface area contributed by atoms with Crippen LogP contribution >= 0.6 is 0 Å². The van der Waals surface area contributed by atoms with Crippen molar-refractivity contribution in [2.45, 2.75) is 0 Å². The fourth-order valence-corrected chi connectivity index (χ4v) is 0.776. The summed E-state index contributed by atoms with van der Waals surface area (Å²) in [5.41, 5.74) is 0. The third-order valence-corrected chi connectivity index (χ3v) is 1.33. The molecule has 0 amide bonds. The normalized spacial score (nSPS) is 21.9. The molecule has 0 aromatic rings. The molecule has 0 aromatic heterocycles. The molecular weight excluding hydrogens is 148 g/mol. The molecule has 1 rings (SSSR count). The molecule has 0 bridgehead atoms. The molecular formula is C7H6O4. The molecule has 1 unspecified atom stereocenters. The SMILES string of the molecule is O=C1C=CC=CC1C(=O)OO. The molecule has 11 heavy (non-hydrogen) atoms. The smallest absolute Gasteiger partial charge is 0.300 e. The number of hydrogen-bond donors (Lipinski definition) is 1. The predicted octanol–water partition coefficient (Wildman–Crippen LogP) is 0.314. The lowest BCUT2D eigenvalue weighted by Crippen LogP contribution is -2.23. The van der Waals surface area contributed by atoms with Crippen LogP contribution in [0.1, 0.15) is 0 Å². The number of allylic oxidation sites excluding steroid dienone is 3. The van der Waals surface area contributed by atoms with Crippen molar-refractivity contribution < 1.29 is 19.7 Å². The van der Waals surface area contributed by atoms with Crippen LogP contribution in [0.25, 0.3) is 0 Å². The molecule has 0 spiro atoms. The predicted molar refractivity (Wildman–Crippen MR) is 35.5 cm³/mol. The Balaban J connectivity index is 2.73. The summed E-state index contributed by atoms with van der Waals surface area (Å²) < 4.78 is 0. The molecule has 1 atom stereocenters. The van der Waals surface area contributed by atoms with E-state index in [9.17, 15) is 9.59 Å². The van der Waals surface area contributed by atoms with Gasteiger partial charge in [-0.15, -0.1) is 0 Å². The highest BCUT2D eigenvalue weighted by Crippen LogP contribution is 2.08. The monoisotopic (exact) mass is 154 g/mol. The second-order valence-corrected chi connectivity index (χ2v) is 2.03. The van der Waals surface area contributed by atoms with Gasteiger partial charge < -0.3 is 0 Å². The minimum absolute atomic E-state index is 0.383. The van der Waals surface area contributed by atoms with Crippen LogP contribution in [0.5, 0.6) is 0 Å². The number of ketones is 1. The average Bonchev–Trinajstić information content (AvgIpc) is 2.04. The summed E-state index contributed by atoms with van der Waals surface area (Å²) >= 11 is 0. The molecule has 1 N–H and O–H groups in total. The first kappa shape index (κ1) is 7.68. The van der Waals surface area contributed by atoms with Gasteiger partial charge in [-0.05, 0) is 6.08 Å². The summed E-state index contributed by atoms with van der Waals surface area (Å²) in [6, 6.07) is 0. The fraction of sp³-hybridized carbons (Fsp3) is 0.143. The Bertz CT molecular complexity index is 239. The zero-order chi connectivity index (χ0) is 8.27. The lowest BCUT2D eigenvalue weighted by Gasteiger charge is -2.06. The van der Waals surface area contributed by atoms with E-state index in [-0.39, 0.29) is 5.78 Å². The Labute approximate surface area is 62.7 Å². The van der Waals surface area contributed by atoms with Crippen molar-refractivity contribution in [3.63, 3.8) is 0 Å². The second-order valence-electron chi connectivity index (χ2n) is 2.03. The van der Waals surface area contributed by atoms with Crippen molar-refractivity contribution in [2.75, 3.05) is 0 Å². The highest BCUT2D eigenvalue weighted by Gasteiger charge is 2.24. The van der Waals surface area contributed by atoms with Gasteiger partial charge in [0.1, 0.15) is 5.92 Å². The van der Waals surface area contributed by atoms with Crippen molar-refractivity contribution in [2.24, 2.45) is 5.92 Å². The maximum absolute atomic E-state index is 10.8. The van der Waals surface area contributed by atoms with E-state index in [1.807, 2.05) is 0 Å². The van der Waals surface area contributed by atoms with Gasteiger partial charge in [-0.1, -0.05) is 18.2 Å². The summed E-state index contributed by atoms with van der Waals surface area (Å²) in [5.74, 6) is -2.31. The Kier molecular flexibility index (Phi) is 2.18. The molecule has 0 fully saturated rings. The molecule has 1 aliphatic carbocycles. The zero-order valence-electron chi connectivity index (χ0n) is 5.56. The van der Waals surface area contributed by atoms with Crippen LogP contribution in [0.4, 0.5) is 0 Å². The Morgan fingerprint density at radius 2 is 2.27 bits per heavy atom. The van der Waals surface area contributed by atoms with E-state index in [1.54, 1.807) is 6.08 Å². The van der Waals surface area contributed by atoms with Crippen LogP contribution in [-0.2, 0) is 14.5 Å². The highest BCUT2D eigenvalue weighted by atomic mass is 17.1. The van der Waals surface area contributed by atoms with Crippen molar-refractivity contribution >= 4 is 11.8 Å². The van der Waals surface area contributed by atoms with Gasteiger partial charge in [0.05, 0.1) is 0 Å². The van der Waals surface area contributed by atoms with Gasteiger partial charge in [0.25, 0.3) is 0 Å². The minimum atomic E-state index is -0.981. The molecule has 4 nitrogen and oxygen atoms in total. The summed E-state index contributed by atoms with van der Waals surface area (Å²) in [6.07, 6.45) is 5.68. The third-order valence-electron chi connectivity index (χ3n) is 1.33. The van der Waals surface area contributed by atoms with Crippen LogP contribution in [0.15, 0.2) is 24.3 Å². The summed E-state index contributed by atoms with van der Waals surface area (Å²) in [4.78, 5) is 24.9. The molecule has 0 radical (unpaired) electrons. The minimum Gasteiger partial charge on any atom is -0.300 e. The number of rotatable bonds is 1. The van der Waals surface area contributed by atoms with Crippen LogP contribution in [0, 0.1) is 5.92 Å². The largest absolute Gasteiger partial charge is 0.356 e. The molecule has 58 valence electrons. The van der Waals surface area contributed by atoms with E-state index in [0.717, 1.165) is 0 Å². The topological polar surface area (TPSA) is 63.6 Å². The van der Waals surface area contributed by atoms with Crippen LogP contribution in [0.2, 0.25) is 0 Å². The zero-order valence-corrected chi connectivity index (χ0v) is 5.56. The first-order valence-electron chi connectivity index (χ1n) is 2.99. The van der Waals surface area contributed by atoms with Gasteiger partial charge in [-0.2, -0.15) is 5.26 Å².